The van der Waals surface area contributed by atoms with Crippen LogP contribution in [0.15, 0.2) is 46.7 Å². The number of sulfonamides is 1. The molecule has 0 aliphatic carbocycles. The van der Waals surface area contributed by atoms with Crippen molar-refractivity contribution in [1.29, 1.82) is 0 Å². The zero-order valence-electron chi connectivity index (χ0n) is 12.8. The topological polar surface area (TPSA) is 74.8 Å². The minimum atomic E-state index is -4.54. The molecule has 0 radical (unpaired) electrons. The Balaban J connectivity index is 1.88. The normalized spacial score (nSPS) is 12.3. The molecule has 0 atom stereocenters. The lowest BCUT2D eigenvalue weighted by Crippen LogP contribution is -2.12. The van der Waals surface area contributed by atoms with E-state index in [1.807, 2.05) is 5.10 Å². The zero-order valence-corrected chi connectivity index (χ0v) is 14.4. The Bertz CT molecular complexity index is 1010. The number of para-hydroxylation sites is 1. The van der Waals surface area contributed by atoms with E-state index in [1.165, 1.54) is 12.1 Å². The van der Waals surface area contributed by atoms with Crippen LogP contribution >= 0.6 is 11.3 Å². The van der Waals surface area contributed by atoms with E-state index in [1.54, 1.807) is 31.2 Å². The standard InChI is InChI=1S/C15H12F3N3O2S2/c1-9-4-2-3-5-10(9)21-25(22,23)14-7-6-12(24-14)11-8-13(20-19-11)15(16,17)18/h2-8,21H,1H3,(H,19,20). The highest BCUT2D eigenvalue weighted by Gasteiger charge is 2.33. The van der Waals surface area contributed by atoms with Crippen molar-refractivity contribution in [2.45, 2.75) is 17.3 Å². The lowest BCUT2D eigenvalue weighted by atomic mass is 10.2. The number of benzene rings is 1. The average molecular weight is 387 g/mol. The summed E-state index contributed by atoms with van der Waals surface area (Å²) in [5.74, 6) is 0. The number of rotatable bonds is 4. The van der Waals surface area contributed by atoms with Crippen LogP contribution in [0.2, 0.25) is 0 Å². The van der Waals surface area contributed by atoms with Crippen molar-refractivity contribution in [3.8, 4) is 10.6 Å². The summed E-state index contributed by atoms with van der Waals surface area (Å²) in [7, 11) is -3.84. The molecule has 3 rings (SSSR count). The SMILES string of the molecule is Cc1ccccc1NS(=O)(=O)c1ccc(-c2cc(C(F)(F)F)[nH]n2)s1. The van der Waals surface area contributed by atoms with E-state index in [0.29, 0.717) is 10.6 Å². The van der Waals surface area contributed by atoms with Crippen molar-refractivity contribution < 1.29 is 21.6 Å². The number of nitrogens with zero attached hydrogens (tertiary/aromatic N) is 1. The second kappa shape index (κ2) is 6.19. The molecule has 2 N–H and O–H groups in total. The Morgan fingerprint density at radius 1 is 1.16 bits per heavy atom. The van der Waals surface area contributed by atoms with Gasteiger partial charge in [0.2, 0.25) is 0 Å². The van der Waals surface area contributed by atoms with Crippen LogP contribution in [0.1, 0.15) is 11.3 Å². The Morgan fingerprint density at radius 2 is 1.88 bits per heavy atom. The predicted molar refractivity (Wildman–Crippen MR) is 88.9 cm³/mol. The van der Waals surface area contributed by atoms with E-state index in [0.717, 1.165) is 23.0 Å². The quantitative estimate of drug-likeness (QED) is 0.702. The van der Waals surface area contributed by atoms with Crippen LogP contribution in [0.25, 0.3) is 10.6 Å². The van der Waals surface area contributed by atoms with Gasteiger partial charge in [-0.05, 0) is 36.8 Å². The maximum absolute atomic E-state index is 12.6. The number of halogens is 3. The molecule has 2 aromatic heterocycles. The highest BCUT2D eigenvalue weighted by atomic mass is 32.2. The van der Waals surface area contributed by atoms with Crippen molar-refractivity contribution in [2.75, 3.05) is 4.72 Å². The van der Waals surface area contributed by atoms with E-state index < -0.39 is 21.9 Å². The molecule has 132 valence electrons. The maximum atomic E-state index is 12.6. The fourth-order valence-electron chi connectivity index (χ4n) is 2.08. The molecule has 0 amide bonds. The summed E-state index contributed by atoms with van der Waals surface area (Å²) in [5.41, 5.74) is 0.245. The highest BCUT2D eigenvalue weighted by Crippen LogP contribution is 2.34. The fraction of sp³-hybridized carbons (Fsp3) is 0.133. The van der Waals surface area contributed by atoms with Gasteiger partial charge in [0.1, 0.15) is 15.6 Å². The first-order valence-corrected chi connectivity index (χ1v) is 9.28. The molecular formula is C15H12F3N3O2S2. The number of hydrogen-bond acceptors (Lipinski definition) is 4. The number of aryl methyl sites for hydroxylation is 1. The molecule has 5 nitrogen and oxygen atoms in total. The van der Waals surface area contributed by atoms with Crippen LogP contribution in [0.5, 0.6) is 0 Å². The monoisotopic (exact) mass is 387 g/mol. The molecular weight excluding hydrogens is 375 g/mol. The van der Waals surface area contributed by atoms with Crippen LogP contribution in [0, 0.1) is 6.92 Å². The third kappa shape index (κ3) is 3.69. The lowest BCUT2D eigenvalue weighted by Gasteiger charge is -2.08. The predicted octanol–water partition coefficient (Wildman–Crippen LogP) is 4.27. The Kier molecular flexibility index (Phi) is 4.33. The number of hydrogen-bond donors (Lipinski definition) is 2. The molecule has 0 fully saturated rings. The van der Waals surface area contributed by atoms with Gasteiger partial charge in [-0.15, -0.1) is 11.3 Å². The Morgan fingerprint density at radius 3 is 2.52 bits per heavy atom. The van der Waals surface area contributed by atoms with Crippen molar-refractivity contribution >= 4 is 27.0 Å². The van der Waals surface area contributed by atoms with Gasteiger partial charge in [-0.3, -0.25) is 9.82 Å². The largest absolute Gasteiger partial charge is 0.432 e. The van der Waals surface area contributed by atoms with Crippen LogP contribution in [-0.2, 0) is 16.2 Å². The summed E-state index contributed by atoms with van der Waals surface area (Å²) >= 11 is 0.842. The van der Waals surface area contributed by atoms with Crippen molar-refractivity contribution in [3.05, 3.63) is 53.7 Å². The van der Waals surface area contributed by atoms with Crippen molar-refractivity contribution in [2.24, 2.45) is 0 Å². The number of thiophene rings is 1. The van der Waals surface area contributed by atoms with E-state index in [-0.39, 0.29) is 9.90 Å². The van der Waals surface area contributed by atoms with Crippen molar-refractivity contribution in [1.82, 2.24) is 10.2 Å². The first kappa shape index (κ1) is 17.5. The summed E-state index contributed by atoms with van der Waals surface area (Å²) in [4.78, 5) is 0.317. The van der Waals surface area contributed by atoms with Crippen LogP contribution in [0.3, 0.4) is 0 Å². The van der Waals surface area contributed by atoms with Gasteiger partial charge in [-0.25, -0.2) is 8.42 Å². The van der Waals surface area contributed by atoms with E-state index in [9.17, 15) is 21.6 Å². The second-order valence-electron chi connectivity index (χ2n) is 5.20. The Hall–Kier alpha value is -2.33. The van der Waals surface area contributed by atoms with Gasteiger partial charge in [0, 0.05) is 0 Å². The third-order valence-corrected chi connectivity index (χ3v) is 6.34. The average Bonchev–Trinajstić information content (AvgIpc) is 3.17. The molecule has 0 spiro atoms. The fourth-order valence-corrected chi connectivity index (χ4v) is 4.48. The first-order chi connectivity index (χ1) is 11.7. The number of H-pyrrole nitrogens is 1. The molecule has 2 heterocycles. The minimum Gasteiger partial charge on any atom is -0.279 e. The number of anilines is 1. The molecule has 0 aliphatic heterocycles. The molecule has 0 saturated carbocycles. The van der Waals surface area contributed by atoms with Crippen LogP contribution in [0.4, 0.5) is 18.9 Å². The Labute approximate surface area is 145 Å². The molecule has 0 bridgehead atoms. The summed E-state index contributed by atoms with van der Waals surface area (Å²) in [6.07, 6.45) is -4.54. The lowest BCUT2D eigenvalue weighted by molar-refractivity contribution is -0.141. The summed E-state index contributed by atoms with van der Waals surface area (Å²) < 4.78 is 65.2. The number of aromatic amines is 1. The van der Waals surface area contributed by atoms with Gasteiger partial charge in [0.05, 0.1) is 10.6 Å². The summed E-state index contributed by atoms with van der Waals surface area (Å²) in [6, 6.07) is 10.5. The summed E-state index contributed by atoms with van der Waals surface area (Å²) in [6.45, 7) is 1.76. The first-order valence-electron chi connectivity index (χ1n) is 6.98. The summed E-state index contributed by atoms with van der Waals surface area (Å²) in [5, 5.41) is 5.50. The van der Waals surface area contributed by atoms with E-state index in [2.05, 4.69) is 9.82 Å². The smallest absolute Gasteiger partial charge is 0.279 e. The number of nitrogens with one attached hydrogen (secondary N) is 2. The van der Waals surface area contributed by atoms with Gasteiger partial charge >= 0.3 is 6.18 Å². The van der Waals surface area contributed by atoms with Crippen molar-refractivity contribution in [3.63, 3.8) is 0 Å². The van der Waals surface area contributed by atoms with Crippen LogP contribution in [-0.4, -0.2) is 18.6 Å². The van der Waals surface area contributed by atoms with Gasteiger partial charge < -0.3 is 0 Å². The molecule has 0 saturated heterocycles. The van der Waals surface area contributed by atoms with Gasteiger partial charge in [0.25, 0.3) is 10.0 Å². The van der Waals surface area contributed by atoms with E-state index in [4.69, 9.17) is 0 Å². The van der Waals surface area contributed by atoms with Crippen LogP contribution < -0.4 is 4.72 Å². The van der Waals surface area contributed by atoms with Gasteiger partial charge in [0.15, 0.2) is 0 Å². The number of alkyl halides is 3. The highest BCUT2D eigenvalue weighted by molar-refractivity contribution is 7.94. The molecule has 0 unspecified atom stereocenters. The molecule has 25 heavy (non-hydrogen) atoms. The molecule has 10 heteroatoms. The van der Waals surface area contributed by atoms with Gasteiger partial charge in [-0.2, -0.15) is 18.3 Å². The van der Waals surface area contributed by atoms with E-state index >= 15 is 0 Å². The zero-order chi connectivity index (χ0) is 18.2. The second-order valence-corrected chi connectivity index (χ2v) is 8.20. The minimum absolute atomic E-state index is 0.0117. The maximum Gasteiger partial charge on any atom is 0.432 e. The third-order valence-electron chi connectivity index (χ3n) is 3.37. The molecule has 3 aromatic rings. The molecule has 0 aliphatic rings. The number of aromatic nitrogens is 2. The molecule has 1 aromatic carbocycles. The van der Waals surface area contributed by atoms with Gasteiger partial charge in [-0.1, -0.05) is 18.2 Å².